The highest BCUT2D eigenvalue weighted by molar-refractivity contribution is 6.65. The molecule has 0 saturated carbocycles. The van der Waals surface area contributed by atoms with Crippen LogP contribution in [0, 0.1) is 5.41 Å². The first kappa shape index (κ1) is 13.1. The van der Waals surface area contributed by atoms with Crippen molar-refractivity contribution in [2.45, 2.75) is 39.8 Å². The maximum Gasteiger partial charge on any atom is 0.335 e. The third-order valence-electron chi connectivity index (χ3n) is 2.15. The van der Waals surface area contributed by atoms with Crippen molar-refractivity contribution in [3.05, 3.63) is 0 Å². The topological polar surface area (TPSA) is 44.5 Å². The third-order valence-corrected chi connectivity index (χ3v) is 4.95. The van der Waals surface area contributed by atoms with Gasteiger partial charge in [-0.1, -0.05) is 20.8 Å². The molecular formula is C9H23NO2Si. The summed E-state index contributed by atoms with van der Waals surface area (Å²) in [6.07, 6.45) is 1.11. The van der Waals surface area contributed by atoms with Crippen LogP contribution in [0.25, 0.3) is 0 Å². The van der Waals surface area contributed by atoms with Gasteiger partial charge in [0.25, 0.3) is 0 Å². The molecule has 0 aromatic heterocycles. The molecule has 80 valence electrons. The molecule has 1 unspecified atom stereocenters. The molecule has 0 bridgehead atoms. The fourth-order valence-electron chi connectivity index (χ4n) is 1.01. The highest BCUT2D eigenvalue weighted by Gasteiger charge is 2.31. The Hall–Kier alpha value is 0.0969. The molecule has 0 spiro atoms. The summed E-state index contributed by atoms with van der Waals surface area (Å²) < 4.78 is 10.9. The molecule has 0 amide bonds. The van der Waals surface area contributed by atoms with Gasteiger partial charge in [-0.15, -0.1) is 0 Å². The fourth-order valence-corrected chi connectivity index (χ4v) is 3.03. The van der Waals surface area contributed by atoms with Crippen LogP contribution in [-0.4, -0.2) is 22.4 Å². The third kappa shape index (κ3) is 6.21. The van der Waals surface area contributed by atoms with E-state index in [4.69, 9.17) is 14.6 Å². The number of nitrogens with two attached hydrogens (primary N) is 1. The van der Waals surface area contributed by atoms with Crippen LogP contribution in [0.4, 0.5) is 0 Å². The van der Waals surface area contributed by atoms with Crippen LogP contribution in [0.5, 0.6) is 0 Å². The predicted octanol–water partition coefficient (Wildman–Crippen LogP) is 2.07. The van der Waals surface area contributed by atoms with E-state index in [-0.39, 0.29) is 6.73 Å². The van der Waals surface area contributed by atoms with Crippen LogP contribution in [-0.2, 0) is 8.85 Å². The Morgan fingerprint density at radius 1 is 1.31 bits per heavy atom. The lowest BCUT2D eigenvalue weighted by atomic mass is 9.94. The molecule has 0 heterocycles. The Morgan fingerprint density at radius 2 is 1.85 bits per heavy atom. The lowest BCUT2D eigenvalue weighted by Gasteiger charge is -2.27. The van der Waals surface area contributed by atoms with Gasteiger partial charge in [0.05, 0.1) is 6.73 Å². The van der Waals surface area contributed by atoms with Crippen LogP contribution < -0.4 is 5.73 Å². The molecule has 0 saturated heterocycles. The van der Waals surface area contributed by atoms with Gasteiger partial charge >= 0.3 is 8.56 Å². The van der Waals surface area contributed by atoms with Gasteiger partial charge in [0, 0.05) is 7.11 Å². The summed E-state index contributed by atoms with van der Waals surface area (Å²) in [5.74, 6) is 0. The SMILES string of the molecule is CO[Si](C)(CCC(C)(C)C)OCN. The van der Waals surface area contributed by atoms with Gasteiger partial charge in [0.2, 0.25) is 0 Å². The Morgan fingerprint density at radius 3 is 2.15 bits per heavy atom. The van der Waals surface area contributed by atoms with Crippen molar-refractivity contribution >= 4 is 8.56 Å². The van der Waals surface area contributed by atoms with Crippen molar-refractivity contribution in [3.63, 3.8) is 0 Å². The number of hydrogen-bond donors (Lipinski definition) is 1. The van der Waals surface area contributed by atoms with Crippen LogP contribution in [0.15, 0.2) is 0 Å². The minimum absolute atomic E-state index is 0.265. The molecule has 1 atom stereocenters. The van der Waals surface area contributed by atoms with E-state index in [9.17, 15) is 0 Å². The van der Waals surface area contributed by atoms with Crippen molar-refractivity contribution in [2.24, 2.45) is 11.1 Å². The minimum atomic E-state index is -1.96. The Kier molecular flexibility index (Phi) is 5.13. The molecule has 13 heavy (non-hydrogen) atoms. The quantitative estimate of drug-likeness (QED) is 0.552. The highest BCUT2D eigenvalue weighted by atomic mass is 28.4. The van der Waals surface area contributed by atoms with E-state index >= 15 is 0 Å². The Labute approximate surface area is 82.9 Å². The molecule has 2 N–H and O–H groups in total. The van der Waals surface area contributed by atoms with E-state index in [1.54, 1.807) is 7.11 Å². The standard InChI is InChI=1S/C9H23NO2Si/c1-9(2,3)6-7-13(5,11-4)12-8-10/h6-8,10H2,1-5H3. The van der Waals surface area contributed by atoms with Crippen molar-refractivity contribution in [1.82, 2.24) is 0 Å². The molecule has 0 aromatic carbocycles. The summed E-state index contributed by atoms with van der Waals surface area (Å²) in [7, 11) is -0.245. The molecule has 0 aromatic rings. The first-order chi connectivity index (χ1) is 5.83. The van der Waals surface area contributed by atoms with Crippen LogP contribution >= 0.6 is 0 Å². The van der Waals surface area contributed by atoms with Crippen LogP contribution in [0.3, 0.4) is 0 Å². The molecular weight excluding hydrogens is 182 g/mol. The Balaban J connectivity index is 3.97. The van der Waals surface area contributed by atoms with E-state index in [1.165, 1.54) is 0 Å². The summed E-state index contributed by atoms with van der Waals surface area (Å²) >= 11 is 0. The van der Waals surface area contributed by atoms with Gasteiger partial charge < -0.3 is 14.6 Å². The molecule has 0 aliphatic rings. The molecule has 0 radical (unpaired) electrons. The van der Waals surface area contributed by atoms with E-state index < -0.39 is 8.56 Å². The number of rotatable bonds is 5. The fraction of sp³-hybridized carbons (Fsp3) is 1.00. The normalized spacial score (nSPS) is 17.1. The molecule has 3 nitrogen and oxygen atoms in total. The van der Waals surface area contributed by atoms with E-state index in [0.29, 0.717) is 5.41 Å². The van der Waals surface area contributed by atoms with Gasteiger partial charge in [-0.3, -0.25) is 0 Å². The van der Waals surface area contributed by atoms with Gasteiger partial charge in [-0.05, 0) is 24.4 Å². The minimum Gasteiger partial charge on any atom is -0.398 e. The molecule has 0 aliphatic carbocycles. The smallest absolute Gasteiger partial charge is 0.335 e. The predicted molar refractivity (Wildman–Crippen MR) is 57.6 cm³/mol. The molecule has 4 heteroatoms. The van der Waals surface area contributed by atoms with Gasteiger partial charge in [0.1, 0.15) is 0 Å². The molecule has 0 fully saturated rings. The van der Waals surface area contributed by atoms with Crippen molar-refractivity contribution in [3.8, 4) is 0 Å². The average Bonchev–Trinajstić information content (AvgIpc) is 2.01. The number of hydrogen-bond acceptors (Lipinski definition) is 3. The average molecular weight is 205 g/mol. The van der Waals surface area contributed by atoms with Crippen LogP contribution in [0.1, 0.15) is 27.2 Å². The van der Waals surface area contributed by atoms with Crippen molar-refractivity contribution in [1.29, 1.82) is 0 Å². The van der Waals surface area contributed by atoms with Crippen molar-refractivity contribution < 1.29 is 8.85 Å². The summed E-state index contributed by atoms with van der Waals surface area (Å²) in [5.41, 5.74) is 5.70. The Bertz CT molecular complexity index is 147. The summed E-state index contributed by atoms with van der Waals surface area (Å²) in [6.45, 7) is 8.99. The molecule has 0 rings (SSSR count). The zero-order valence-corrected chi connectivity index (χ0v) is 10.5. The molecule has 0 aliphatic heterocycles. The van der Waals surface area contributed by atoms with Gasteiger partial charge in [-0.25, -0.2) is 0 Å². The maximum atomic E-state index is 5.47. The van der Waals surface area contributed by atoms with Gasteiger partial charge in [-0.2, -0.15) is 0 Å². The lowest BCUT2D eigenvalue weighted by molar-refractivity contribution is 0.204. The van der Waals surface area contributed by atoms with Gasteiger partial charge in [0.15, 0.2) is 0 Å². The van der Waals surface area contributed by atoms with E-state index in [1.807, 2.05) is 0 Å². The monoisotopic (exact) mass is 205 g/mol. The lowest BCUT2D eigenvalue weighted by Crippen LogP contribution is -2.40. The van der Waals surface area contributed by atoms with E-state index in [0.717, 1.165) is 12.5 Å². The second-order valence-corrected chi connectivity index (χ2v) is 8.17. The summed E-state index contributed by atoms with van der Waals surface area (Å²) in [5, 5.41) is 0. The highest BCUT2D eigenvalue weighted by Crippen LogP contribution is 2.26. The van der Waals surface area contributed by atoms with E-state index in [2.05, 4.69) is 27.3 Å². The second-order valence-electron chi connectivity index (χ2n) is 4.71. The zero-order valence-electron chi connectivity index (χ0n) is 9.52. The summed E-state index contributed by atoms with van der Waals surface area (Å²) in [6, 6.07) is 1.00. The zero-order chi connectivity index (χ0) is 10.5. The largest absolute Gasteiger partial charge is 0.398 e. The maximum absolute atomic E-state index is 5.47. The van der Waals surface area contributed by atoms with Crippen LogP contribution in [0.2, 0.25) is 12.6 Å². The van der Waals surface area contributed by atoms with Crippen molar-refractivity contribution in [2.75, 3.05) is 13.8 Å². The first-order valence-corrected chi connectivity index (χ1v) is 7.24. The second kappa shape index (κ2) is 5.10. The summed E-state index contributed by atoms with van der Waals surface area (Å²) in [4.78, 5) is 0. The first-order valence-electron chi connectivity index (χ1n) is 4.72.